The van der Waals surface area contributed by atoms with E-state index in [1.54, 1.807) is 0 Å². The Morgan fingerprint density at radius 1 is 1.28 bits per heavy atom. The van der Waals surface area contributed by atoms with E-state index in [0.29, 0.717) is 11.8 Å². The Morgan fingerprint density at radius 3 is 2.69 bits per heavy atom. The molecule has 32 heavy (non-hydrogen) atoms. The van der Waals surface area contributed by atoms with E-state index >= 15 is 0 Å². The second-order valence-corrected chi connectivity index (χ2v) is 10.1. The van der Waals surface area contributed by atoms with Crippen LogP contribution in [0, 0.1) is 30.1 Å². The molecule has 2 fully saturated rings. The highest BCUT2D eigenvalue weighted by atomic mass is 16.5. The zero-order chi connectivity index (χ0) is 22.9. The van der Waals surface area contributed by atoms with E-state index in [1.165, 1.54) is 6.92 Å². The van der Waals surface area contributed by atoms with Crippen LogP contribution in [-0.4, -0.2) is 65.4 Å². The summed E-state index contributed by atoms with van der Waals surface area (Å²) in [6.45, 7) is 13.0. The van der Waals surface area contributed by atoms with Gasteiger partial charge in [-0.2, -0.15) is 0 Å². The van der Waals surface area contributed by atoms with Gasteiger partial charge in [0.25, 0.3) is 0 Å². The van der Waals surface area contributed by atoms with Gasteiger partial charge in [0.1, 0.15) is 11.9 Å². The normalized spacial score (nSPS) is 34.4. The lowest BCUT2D eigenvalue weighted by Crippen LogP contribution is -2.57. The number of carbonyl (C=O) groups excluding carboxylic acids is 1. The number of aliphatic hydroxyl groups is 1. The summed E-state index contributed by atoms with van der Waals surface area (Å²) in [6.07, 6.45) is 7.65. The molecule has 1 radical (unpaired) electrons. The maximum Gasteiger partial charge on any atom is 0.303 e. The Labute approximate surface area is 192 Å². The topological polar surface area (TPSA) is 65.9 Å². The Hall–Kier alpha value is -1.92. The number of anilines is 1. The van der Waals surface area contributed by atoms with Crippen LogP contribution in [0.5, 0.6) is 0 Å². The van der Waals surface area contributed by atoms with Gasteiger partial charge in [0, 0.05) is 58.2 Å². The summed E-state index contributed by atoms with van der Waals surface area (Å²) in [6, 6.07) is 6.09. The quantitative estimate of drug-likeness (QED) is 0.560. The number of rotatable bonds is 5. The molecule has 175 valence electrons. The van der Waals surface area contributed by atoms with Crippen LogP contribution in [-0.2, 0) is 9.53 Å². The Balaban J connectivity index is 1.41. The lowest BCUT2D eigenvalue weighted by atomic mass is 9.57. The summed E-state index contributed by atoms with van der Waals surface area (Å²) in [7, 11) is 0. The van der Waals surface area contributed by atoms with Crippen LogP contribution >= 0.6 is 0 Å². The van der Waals surface area contributed by atoms with Crippen molar-refractivity contribution in [2.75, 3.05) is 37.6 Å². The third-order valence-electron chi connectivity index (χ3n) is 7.94. The molecule has 6 atom stereocenters. The molecule has 2 heterocycles. The molecule has 4 rings (SSSR count). The monoisotopic (exact) mass is 440 g/mol. The van der Waals surface area contributed by atoms with Gasteiger partial charge in [0.15, 0.2) is 0 Å². The van der Waals surface area contributed by atoms with Gasteiger partial charge in [-0.05, 0) is 55.2 Å². The first-order valence-corrected chi connectivity index (χ1v) is 12.1. The zero-order valence-corrected chi connectivity index (χ0v) is 19.9. The molecule has 0 bridgehead atoms. The smallest absolute Gasteiger partial charge is 0.303 e. The summed E-state index contributed by atoms with van der Waals surface area (Å²) < 4.78 is 5.49. The van der Waals surface area contributed by atoms with E-state index in [2.05, 4.69) is 40.8 Å². The first kappa shape index (κ1) is 23.2. The predicted molar refractivity (Wildman–Crippen MR) is 126 cm³/mol. The van der Waals surface area contributed by atoms with Crippen molar-refractivity contribution in [2.45, 2.75) is 52.2 Å². The van der Waals surface area contributed by atoms with Crippen LogP contribution in [0.2, 0.25) is 0 Å². The first-order valence-electron chi connectivity index (χ1n) is 12.1. The number of carbonyl (C=O) groups is 1. The molecule has 6 nitrogen and oxygen atoms in total. The number of hydrogen-bond donors (Lipinski definition) is 1. The van der Waals surface area contributed by atoms with Crippen molar-refractivity contribution in [3.05, 3.63) is 42.5 Å². The van der Waals surface area contributed by atoms with Gasteiger partial charge in [-0.25, -0.2) is 4.98 Å². The molecule has 3 aliphatic rings. The summed E-state index contributed by atoms with van der Waals surface area (Å²) in [4.78, 5) is 21.0. The first-order chi connectivity index (χ1) is 15.3. The van der Waals surface area contributed by atoms with Gasteiger partial charge in [0.2, 0.25) is 0 Å². The fraction of sp³-hybridized carbons (Fsp3) is 0.654. The molecule has 0 spiro atoms. The minimum absolute atomic E-state index is 0.0721. The highest BCUT2D eigenvalue weighted by molar-refractivity contribution is 5.66. The number of piperazine rings is 1. The third-order valence-corrected chi connectivity index (χ3v) is 7.94. The number of nitrogens with zero attached hydrogens (tertiary/aromatic N) is 3. The van der Waals surface area contributed by atoms with Gasteiger partial charge >= 0.3 is 5.97 Å². The van der Waals surface area contributed by atoms with Crippen LogP contribution in [0.3, 0.4) is 0 Å². The molecule has 1 N–H and O–H groups in total. The fourth-order valence-corrected chi connectivity index (χ4v) is 6.00. The van der Waals surface area contributed by atoms with Crippen LogP contribution < -0.4 is 4.90 Å². The van der Waals surface area contributed by atoms with Crippen molar-refractivity contribution in [1.82, 2.24) is 9.88 Å². The zero-order valence-electron chi connectivity index (χ0n) is 19.9. The minimum atomic E-state index is -0.922. The summed E-state index contributed by atoms with van der Waals surface area (Å²) in [5, 5.41) is 11.7. The average Bonchev–Trinajstić information content (AvgIpc) is 2.77. The van der Waals surface area contributed by atoms with Crippen molar-refractivity contribution in [1.29, 1.82) is 0 Å². The molecule has 1 aromatic rings. The molecule has 2 aliphatic carbocycles. The van der Waals surface area contributed by atoms with Gasteiger partial charge in [-0.15, -0.1) is 0 Å². The summed E-state index contributed by atoms with van der Waals surface area (Å²) in [5.74, 6) is 1.87. The molecule has 1 unspecified atom stereocenters. The van der Waals surface area contributed by atoms with Gasteiger partial charge in [0.05, 0.1) is 5.60 Å². The second kappa shape index (κ2) is 9.52. The number of esters is 1. The standard InChI is InChI=1S/C26H38N3O3/c1-18-15-23-22(9-8-20(3)26(23,31)16-24(18)32-21(4)30)19(2)17-28-11-13-29(14-12-28)25-7-5-6-10-27-25/h5-7,10,15-16,19-20,22-24,31H,8-9,11-14,17H2,1-4H3/t19?,20-,22+,23-,24-,26-/m1/s1. The fourth-order valence-electron chi connectivity index (χ4n) is 6.00. The molecule has 1 aliphatic heterocycles. The lowest BCUT2D eigenvalue weighted by molar-refractivity contribution is -0.148. The van der Waals surface area contributed by atoms with Crippen LogP contribution in [0.15, 0.2) is 36.0 Å². The molecule has 0 aromatic carbocycles. The molecular formula is C26H38N3O3. The summed E-state index contributed by atoms with van der Waals surface area (Å²) >= 11 is 0. The van der Waals surface area contributed by atoms with Crippen LogP contribution in [0.4, 0.5) is 5.82 Å². The number of hydrogen-bond acceptors (Lipinski definition) is 6. The lowest BCUT2D eigenvalue weighted by Gasteiger charge is -2.53. The van der Waals surface area contributed by atoms with Gasteiger partial charge in [-0.1, -0.05) is 26.0 Å². The van der Waals surface area contributed by atoms with E-state index in [4.69, 9.17) is 4.74 Å². The maximum atomic E-state index is 11.7. The highest BCUT2D eigenvalue weighted by Crippen LogP contribution is 2.50. The second-order valence-electron chi connectivity index (χ2n) is 10.1. The van der Waals surface area contributed by atoms with Crippen molar-refractivity contribution >= 4 is 11.8 Å². The number of aromatic nitrogens is 1. The summed E-state index contributed by atoms with van der Waals surface area (Å²) in [5.41, 5.74) is 0.110. The number of fused-ring (bicyclic) bond motifs is 1. The molecule has 1 aromatic heterocycles. The number of pyridine rings is 1. The van der Waals surface area contributed by atoms with Crippen molar-refractivity contribution in [3.63, 3.8) is 0 Å². The molecular weight excluding hydrogens is 402 g/mol. The maximum absolute atomic E-state index is 11.7. The van der Waals surface area contributed by atoms with Gasteiger partial charge in [-0.3, -0.25) is 9.69 Å². The van der Waals surface area contributed by atoms with E-state index < -0.39 is 11.7 Å². The predicted octanol–water partition coefficient (Wildman–Crippen LogP) is 3.33. The van der Waals surface area contributed by atoms with Gasteiger partial charge < -0.3 is 14.7 Å². The SMILES string of the molecule is CC(=O)O[C@@H]1[CH][C@@]2(O)[C@H](C)CC[C@@H](C(C)CN3CCN(c4ccccn4)CC3)[C@H]2C=C1C. The molecule has 1 saturated carbocycles. The van der Waals surface area contributed by atoms with E-state index in [-0.39, 0.29) is 17.8 Å². The van der Waals surface area contributed by atoms with Crippen molar-refractivity contribution in [3.8, 4) is 0 Å². The van der Waals surface area contributed by atoms with Crippen molar-refractivity contribution in [2.24, 2.45) is 23.7 Å². The largest absolute Gasteiger partial charge is 0.458 e. The molecule has 6 heteroatoms. The average molecular weight is 441 g/mol. The highest BCUT2D eigenvalue weighted by Gasteiger charge is 2.53. The Morgan fingerprint density at radius 2 is 2.03 bits per heavy atom. The number of ether oxygens (including phenoxy) is 1. The van der Waals surface area contributed by atoms with E-state index in [1.807, 2.05) is 31.7 Å². The molecule has 0 amide bonds. The van der Waals surface area contributed by atoms with Crippen LogP contribution in [0.1, 0.15) is 40.5 Å². The van der Waals surface area contributed by atoms with E-state index in [9.17, 15) is 9.90 Å². The Bertz CT molecular complexity index is 821. The molecule has 1 saturated heterocycles. The third kappa shape index (κ3) is 4.72. The van der Waals surface area contributed by atoms with Crippen molar-refractivity contribution < 1.29 is 14.6 Å². The Kier molecular flexibility index (Phi) is 6.91. The van der Waals surface area contributed by atoms with Crippen LogP contribution in [0.25, 0.3) is 0 Å². The van der Waals surface area contributed by atoms with E-state index in [0.717, 1.165) is 57.0 Å². The minimum Gasteiger partial charge on any atom is -0.458 e.